The lowest BCUT2D eigenvalue weighted by atomic mass is 10.2. The van der Waals surface area contributed by atoms with Crippen LogP contribution in [0.1, 0.15) is 13.0 Å². The summed E-state index contributed by atoms with van der Waals surface area (Å²) in [6, 6.07) is 10.3. The molecule has 1 aromatic carbocycles. The van der Waals surface area contributed by atoms with Crippen LogP contribution in [0, 0.1) is 6.92 Å². The lowest BCUT2D eigenvalue weighted by molar-refractivity contribution is -0.126. The van der Waals surface area contributed by atoms with Crippen LogP contribution in [0.15, 0.2) is 30.3 Å². The fraction of sp³-hybridized carbons (Fsp3) is 0.300. The second kappa shape index (κ2) is 9.69. The number of carbonyl (C=O) groups excluding carboxylic acids is 1. The standard InChI is InChI=1S/C7H8.C2H4O2.CH4/c1-7-5-3-2-4-6-7;1-4-2-3;/h2-6H,1H3;2H,1H3;1H4. The first-order valence-corrected chi connectivity index (χ1v) is 3.29. The highest BCUT2D eigenvalue weighted by Gasteiger charge is 1.72. The molecule has 0 aliphatic heterocycles. The predicted octanol–water partition coefficient (Wildman–Crippen LogP) is 2.42. The number of carbonyl (C=O) groups is 1. The molecule has 0 saturated carbocycles. The molecule has 1 aromatic rings. The van der Waals surface area contributed by atoms with Gasteiger partial charge in [0.05, 0.1) is 7.11 Å². The molecule has 0 aliphatic carbocycles. The van der Waals surface area contributed by atoms with Crippen LogP contribution in [-0.2, 0) is 9.53 Å². The molecule has 0 fully saturated rings. The molecule has 0 spiro atoms. The molecule has 0 amide bonds. The van der Waals surface area contributed by atoms with Crippen LogP contribution < -0.4 is 0 Å². The van der Waals surface area contributed by atoms with Crippen molar-refractivity contribution in [1.29, 1.82) is 0 Å². The fourth-order valence-corrected chi connectivity index (χ4v) is 0.534. The third kappa shape index (κ3) is 8.69. The molecule has 0 atom stereocenters. The van der Waals surface area contributed by atoms with Crippen molar-refractivity contribution in [3.05, 3.63) is 35.9 Å². The Kier molecular flexibility index (Phi) is 10.7. The highest BCUT2D eigenvalue weighted by Crippen LogP contribution is 1.92. The van der Waals surface area contributed by atoms with Gasteiger partial charge in [-0.05, 0) is 6.92 Å². The van der Waals surface area contributed by atoms with Crippen molar-refractivity contribution in [3.63, 3.8) is 0 Å². The maximum absolute atomic E-state index is 8.95. The summed E-state index contributed by atoms with van der Waals surface area (Å²) in [4.78, 5) is 8.95. The van der Waals surface area contributed by atoms with Gasteiger partial charge in [-0.25, -0.2) is 0 Å². The van der Waals surface area contributed by atoms with Gasteiger partial charge < -0.3 is 4.74 Å². The minimum atomic E-state index is 0. The minimum absolute atomic E-state index is 0. The predicted molar refractivity (Wildman–Crippen MR) is 51.0 cm³/mol. The summed E-state index contributed by atoms with van der Waals surface area (Å²) in [5.41, 5.74) is 1.32. The number of benzene rings is 1. The summed E-state index contributed by atoms with van der Waals surface area (Å²) >= 11 is 0. The number of aryl methyl sites for hydroxylation is 1. The zero-order chi connectivity index (χ0) is 8.53. The zero-order valence-corrected chi connectivity index (χ0v) is 6.78. The van der Waals surface area contributed by atoms with E-state index in [1.807, 2.05) is 18.2 Å². The van der Waals surface area contributed by atoms with E-state index < -0.39 is 0 Å². The van der Waals surface area contributed by atoms with Gasteiger partial charge >= 0.3 is 0 Å². The Labute approximate surface area is 74.2 Å². The van der Waals surface area contributed by atoms with Gasteiger partial charge in [-0.1, -0.05) is 43.3 Å². The number of methoxy groups -OCH3 is 1. The summed E-state index contributed by atoms with van der Waals surface area (Å²) in [6.45, 7) is 2.46. The molecule has 12 heavy (non-hydrogen) atoms. The van der Waals surface area contributed by atoms with Crippen LogP contribution in [0.25, 0.3) is 0 Å². The van der Waals surface area contributed by atoms with Crippen LogP contribution in [-0.4, -0.2) is 13.6 Å². The Balaban J connectivity index is 0. The average Bonchev–Trinajstić information content (AvgIpc) is 2.07. The molecule has 1 rings (SSSR count). The van der Waals surface area contributed by atoms with Gasteiger partial charge in [-0.15, -0.1) is 0 Å². The first-order valence-electron chi connectivity index (χ1n) is 3.29. The topological polar surface area (TPSA) is 26.3 Å². The molecule has 0 heterocycles. The summed E-state index contributed by atoms with van der Waals surface area (Å²) in [5.74, 6) is 0. The third-order valence-corrected chi connectivity index (χ3v) is 1.04. The minimum Gasteiger partial charge on any atom is -0.471 e. The second-order valence-corrected chi connectivity index (χ2v) is 1.99. The molecule has 0 saturated heterocycles. The largest absolute Gasteiger partial charge is 0.471 e. The third-order valence-electron chi connectivity index (χ3n) is 1.04. The van der Waals surface area contributed by atoms with Crippen LogP contribution in [0.4, 0.5) is 0 Å². The molecule has 68 valence electrons. The Hall–Kier alpha value is -1.31. The van der Waals surface area contributed by atoms with Crippen molar-refractivity contribution in [2.75, 3.05) is 7.11 Å². The average molecular weight is 168 g/mol. The van der Waals surface area contributed by atoms with Crippen LogP contribution >= 0.6 is 0 Å². The lowest BCUT2D eigenvalue weighted by Crippen LogP contribution is -1.68. The smallest absolute Gasteiger partial charge is 0.292 e. The summed E-state index contributed by atoms with van der Waals surface area (Å²) in [7, 11) is 1.31. The maximum Gasteiger partial charge on any atom is 0.292 e. The first kappa shape index (κ1) is 13.3. The second-order valence-electron chi connectivity index (χ2n) is 1.99. The summed E-state index contributed by atoms with van der Waals surface area (Å²) in [5, 5.41) is 0. The van der Waals surface area contributed by atoms with Crippen molar-refractivity contribution < 1.29 is 9.53 Å². The Bertz CT molecular complexity index is 182. The molecule has 0 radical (unpaired) electrons. The van der Waals surface area contributed by atoms with Crippen molar-refractivity contribution in [1.82, 2.24) is 0 Å². The number of hydrogen-bond acceptors (Lipinski definition) is 2. The van der Waals surface area contributed by atoms with Gasteiger partial charge in [-0.2, -0.15) is 0 Å². The quantitative estimate of drug-likeness (QED) is 0.602. The molecule has 0 N–H and O–H groups in total. The van der Waals surface area contributed by atoms with E-state index in [1.54, 1.807) is 0 Å². The van der Waals surface area contributed by atoms with E-state index in [9.17, 15) is 0 Å². The maximum atomic E-state index is 8.95. The highest BCUT2D eigenvalue weighted by atomic mass is 16.5. The van der Waals surface area contributed by atoms with E-state index in [0.29, 0.717) is 6.47 Å². The SMILES string of the molecule is C.COC=O.Cc1ccccc1. The van der Waals surface area contributed by atoms with E-state index in [2.05, 4.69) is 23.8 Å². The Morgan fingerprint density at radius 2 is 1.67 bits per heavy atom. The van der Waals surface area contributed by atoms with E-state index in [-0.39, 0.29) is 7.43 Å². The van der Waals surface area contributed by atoms with Gasteiger partial charge in [0.1, 0.15) is 0 Å². The van der Waals surface area contributed by atoms with Crippen LogP contribution in [0.3, 0.4) is 0 Å². The van der Waals surface area contributed by atoms with Crippen LogP contribution in [0.2, 0.25) is 0 Å². The van der Waals surface area contributed by atoms with E-state index in [0.717, 1.165) is 0 Å². The van der Waals surface area contributed by atoms with Gasteiger partial charge in [0.15, 0.2) is 0 Å². The fourth-order valence-electron chi connectivity index (χ4n) is 0.534. The van der Waals surface area contributed by atoms with Gasteiger partial charge in [0.25, 0.3) is 6.47 Å². The summed E-state index contributed by atoms with van der Waals surface area (Å²) in [6.07, 6.45) is 0. The van der Waals surface area contributed by atoms with Crippen molar-refractivity contribution in [2.24, 2.45) is 0 Å². The molecule has 0 aromatic heterocycles. The van der Waals surface area contributed by atoms with E-state index in [1.165, 1.54) is 12.7 Å². The first-order chi connectivity index (χ1) is 5.31. The molecule has 2 nitrogen and oxygen atoms in total. The van der Waals surface area contributed by atoms with E-state index in [4.69, 9.17) is 4.79 Å². The van der Waals surface area contributed by atoms with E-state index >= 15 is 0 Å². The van der Waals surface area contributed by atoms with Crippen molar-refractivity contribution in [3.8, 4) is 0 Å². The number of hydrogen-bond donors (Lipinski definition) is 0. The molecular weight excluding hydrogens is 152 g/mol. The molecule has 2 heteroatoms. The molecular formula is C10H16O2. The Morgan fingerprint density at radius 1 is 1.25 bits per heavy atom. The van der Waals surface area contributed by atoms with Crippen molar-refractivity contribution in [2.45, 2.75) is 14.4 Å². The summed E-state index contributed by atoms with van der Waals surface area (Å²) < 4.78 is 3.86. The molecule has 0 unspecified atom stereocenters. The molecule has 0 aliphatic rings. The zero-order valence-electron chi connectivity index (χ0n) is 6.78. The van der Waals surface area contributed by atoms with Gasteiger partial charge in [0, 0.05) is 0 Å². The lowest BCUT2D eigenvalue weighted by Gasteiger charge is -1.82. The highest BCUT2D eigenvalue weighted by molar-refractivity contribution is 5.36. The van der Waals surface area contributed by atoms with Crippen molar-refractivity contribution >= 4 is 6.47 Å². The number of ether oxygens (including phenoxy) is 1. The normalized spacial score (nSPS) is 6.83. The monoisotopic (exact) mass is 168 g/mol. The van der Waals surface area contributed by atoms with Gasteiger partial charge in [0.2, 0.25) is 0 Å². The molecule has 0 bridgehead atoms. The Morgan fingerprint density at radius 3 is 1.83 bits per heavy atom. The van der Waals surface area contributed by atoms with Gasteiger partial charge in [-0.3, -0.25) is 4.79 Å². The number of rotatable bonds is 1. The van der Waals surface area contributed by atoms with Crippen LogP contribution in [0.5, 0.6) is 0 Å².